The molecule has 3 rings (SSSR count). The highest BCUT2D eigenvalue weighted by Crippen LogP contribution is 2.52. The van der Waals surface area contributed by atoms with E-state index in [4.69, 9.17) is 4.43 Å². The van der Waals surface area contributed by atoms with Crippen molar-refractivity contribution in [3.63, 3.8) is 0 Å². The molecule has 2 fully saturated rings. The van der Waals surface area contributed by atoms with E-state index in [2.05, 4.69) is 102 Å². The van der Waals surface area contributed by atoms with Gasteiger partial charge in [-0.2, -0.15) is 0 Å². The molecule has 1 aromatic carbocycles. The molecule has 33 heavy (non-hydrogen) atoms. The zero-order chi connectivity index (χ0) is 24.7. The Kier molecular flexibility index (Phi) is 7.31. The fraction of sp³-hybridized carbons (Fsp3) is 0.750. The van der Waals surface area contributed by atoms with Gasteiger partial charge in [0.25, 0.3) is 0 Å². The molecule has 4 nitrogen and oxygen atoms in total. The van der Waals surface area contributed by atoms with Crippen LogP contribution in [0.15, 0.2) is 30.3 Å². The van der Waals surface area contributed by atoms with Gasteiger partial charge < -0.3 is 9.33 Å². The lowest BCUT2D eigenvalue weighted by molar-refractivity contribution is -0.128. The summed E-state index contributed by atoms with van der Waals surface area (Å²) in [5.41, 5.74) is 1.44. The number of nitrogens with zero attached hydrogens (tertiary/aromatic N) is 2. The van der Waals surface area contributed by atoms with E-state index in [0.717, 1.165) is 51.6 Å². The van der Waals surface area contributed by atoms with Gasteiger partial charge in [-0.25, -0.2) is 0 Å². The molecular weight excluding hydrogens is 424 g/mol. The van der Waals surface area contributed by atoms with Gasteiger partial charge in [0.2, 0.25) is 5.91 Å². The van der Waals surface area contributed by atoms with Gasteiger partial charge in [-0.3, -0.25) is 9.69 Å². The van der Waals surface area contributed by atoms with Crippen molar-refractivity contribution >= 4 is 14.2 Å². The summed E-state index contributed by atoms with van der Waals surface area (Å²) in [6.45, 7) is 17.6. The Morgan fingerprint density at radius 1 is 1.00 bits per heavy atom. The standard InChI is InChI=1S/C28H48N2O2Si/c1-25(2,3)33(8,9)32-26(4,5)19-20-30-22-27(21-24(30)31)15-17-28(18-16-27,29(6)7)23-13-11-10-12-14-23/h10-14H,15-22H2,1-9H3. The maximum atomic E-state index is 13.1. The second kappa shape index (κ2) is 9.12. The van der Waals surface area contributed by atoms with Crippen molar-refractivity contribution < 1.29 is 9.22 Å². The molecule has 2 aliphatic rings. The molecule has 0 unspecified atom stereocenters. The lowest BCUT2D eigenvalue weighted by Crippen LogP contribution is -2.49. The third-order valence-electron chi connectivity index (χ3n) is 9.03. The molecule has 1 heterocycles. The van der Waals surface area contributed by atoms with Gasteiger partial charge in [0, 0.05) is 25.0 Å². The first-order chi connectivity index (χ1) is 15.1. The van der Waals surface area contributed by atoms with Gasteiger partial charge >= 0.3 is 0 Å². The van der Waals surface area contributed by atoms with E-state index in [-0.39, 0.29) is 21.6 Å². The SMILES string of the molecule is CN(C)C1(c2ccccc2)CCC2(CC1)CC(=O)N(CCC(C)(C)O[Si](C)(C)C(C)(C)C)C2. The summed E-state index contributed by atoms with van der Waals surface area (Å²) in [6.07, 6.45) is 6.08. The summed E-state index contributed by atoms with van der Waals surface area (Å²) in [5, 5.41) is 0.192. The molecule has 0 radical (unpaired) electrons. The van der Waals surface area contributed by atoms with E-state index >= 15 is 0 Å². The number of hydrogen-bond donors (Lipinski definition) is 0. The first-order valence-electron chi connectivity index (χ1n) is 12.8. The van der Waals surface area contributed by atoms with Crippen molar-refractivity contribution in [3.8, 4) is 0 Å². The Morgan fingerprint density at radius 3 is 2.09 bits per heavy atom. The zero-order valence-corrected chi connectivity index (χ0v) is 23.8. The van der Waals surface area contributed by atoms with E-state index < -0.39 is 8.32 Å². The number of amides is 1. The summed E-state index contributed by atoms with van der Waals surface area (Å²) < 4.78 is 6.72. The Bertz CT molecular complexity index is 818. The van der Waals surface area contributed by atoms with Crippen LogP contribution in [0.1, 0.15) is 78.7 Å². The lowest BCUT2D eigenvalue weighted by atomic mass is 9.64. The lowest BCUT2D eigenvalue weighted by Gasteiger charge is -2.49. The summed E-state index contributed by atoms with van der Waals surface area (Å²) in [6, 6.07) is 10.9. The third-order valence-corrected chi connectivity index (χ3v) is 13.7. The van der Waals surface area contributed by atoms with Crippen molar-refractivity contribution in [3.05, 3.63) is 35.9 Å². The van der Waals surface area contributed by atoms with E-state index in [1.807, 2.05) is 0 Å². The zero-order valence-electron chi connectivity index (χ0n) is 22.8. The van der Waals surface area contributed by atoms with E-state index in [1.165, 1.54) is 5.56 Å². The normalized spacial score (nSPS) is 27.1. The maximum Gasteiger partial charge on any atom is 0.223 e. The predicted octanol–water partition coefficient (Wildman–Crippen LogP) is 6.43. The monoisotopic (exact) mass is 472 g/mol. The van der Waals surface area contributed by atoms with Gasteiger partial charge in [-0.15, -0.1) is 0 Å². The van der Waals surface area contributed by atoms with Crippen molar-refractivity contribution in [2.45, 2.75) is 102 Å². The van der Waals surface area contributed by atoms with Crippen molar-refractivity contribution in [2.24, 2.45) is 5.41 Å². The topological polar surface area (TPSA) is 32.8 Å². The van der Waals surface area contributed by atoms with Crippen LogP contribution < -0.4 is 0 Å². The Morgan fingerprint density at radius 2 is 1.58 bits per heavy atom. The summed E-state index contributed by atoms with van der Waals surface area (Å²) in [4.78, 5) is 17.6. The van der Waals surface area contributed by atoms with Crippen LogP contribution in [0.25, 0.3) is 0 Å². The van der Waals surface area contributed by atoms with Crippen molar-refractivity contribution in [2.75, 3.05) is 27.2 Å². The minimum Gasteiger partial charge on any atom is -0.412 e. The van der Waals surface area contributed by atoms with Gasteiger partial charge in [0.05, 0.1) is 5.60 Å². The third kappa shape index (κ3) is 5.57. The number of carbonyl (C=O) groups is 1. The maximum absolute atomic E-state index is 13.1. The molecular formula is C28H48N2O2Si. The minimum absolute atomic E-state index is 0.0853. The van der Waals surface area contributed by atoms with E-state index in [1.54, 1.807) is 0 Å². The minimum atomic E-state index is -1.84. The van der Waals surface area contributed by atoms with Gasteiger partial charge in [0.15, 0.2) is 8.32 Å². The molecule has 1 aliphatic heterocycles. The largest absolute Gasteiger partial charge is 0.412 e. The smallest absolute Gasteiger partial charge is 0.223 e. The highest BCUT2D eigenvalue weighted by Gasteiger charge is 2.50. The second-order valence-corrected chi connectivity index (χ2v) is 17.9. The number of benzene rings is 1. The van der Waals surface area contributed by atoms with Crippen LogP contribution >= 0.6 is 0 Å². The highest BCUT2D eigenvalue weighted by molar-refractivity contribution is 6.74. The predicted molar refractivity (Wildman–Crippen MR) is 141 cm³/mol. The number of rotatable bonds is 7. The van der Waals surface area contributed by atoms with Crippen LogP contribution in [0.5, 0.6) is 0 Å². The van der Waals surface area contributed by atoms with Crippen LogP contribution in [-0.4, -0.2) is 56.8 Å². The molecule has 1 saturated carbocycles. The summed E-state index contributed by atoms with van der Waals surface area (Å²) in [7, 11) is 2.58. The fourth-order valence-corrected chi connectivity index (χ4v) is 7.55. The van der Waals surface area contributed by atoms with Crippen LogP contribution in [0.3, 0.4) is 0 Å². The van der Waals surface area contributed by atoms with Crippen LogP contribution in [0.2, 0.25) is 18.1 Å². The fourth-order valence-electron chi connectivity index (χ4n) is 5.76. The Hall–Kier alpha value is -1.17. The molecule has 1 aliphatic carbocycles. The molecule has 0 N–H and O–H groups in total. The number of likely N-dealkylation sites (tertiary alicyclic amines) is 1. The van der Waals surface area contributed by atoms with Crippen LogP contribution in [0, 0.1) is 5.41 Å². The first-order valence-corrected chi connectivity index (χ1v) is 15.7. The summed E-state index contributed by atoms with van der Waals surface area (Å²) >= 11 is 0. The van der Waals surface area contributed by atoms with E-state index in [9.17, 15) is 4.79 Å². The van der Waals surface area contributed by atoms with Crippen LogP contribution in [-0.2, 0) is 14.8 Å². The molecule has 0 bridgehead atoms. The summed E-state index contributed by atoms with van der Waals surface area (Å²) in [5.74, 6) is 0.343. The second-order valence-electron chi connectivity index (χ2n) is 13.2. The molecule has 1 spiro atoms. The average molecular weight is 473 g/mol. The molecule has 1 aromatic rings. The molecule has 186 valence electrons. The average Bonchev–Trinajstić information content (AvgIpc) is 3.01. The Balaban J connectivity index is 1.63. The Labute approximate surface area is 204 Å². The molecule has 5 heteroatoms. The van der Waals surface area contributed by atoms with Crippen LogP contribution in [0.4, 0.5) is 0 Å². The number of hydrogen-bond acceptors (Lipinski definition) is 3. The molecule has 0 aromatic heterocycles. The quantitative estimate of drug-likeness (QED) is 0.429. The van der Waals surface area contributed by atoms with Gasteiger partial charge in [0.1, 0.15) is 0 Å². The molecule has 1 saturated heterocycles. The van der Waals surface area contributed by atoms with Gasteiger partial charge in [-0.1, -0.05) is 51.1 Å². The molecule has 0 atom stereocenters. The molecule has 1 amide bonds. The van der Waals surface area contributed by atoms with Crippen molar-refractivity contribution in [1.82, 2.24) is 9.80 Å². The van der Waals surface area contributed by atoms with Gasteiger partial charge in [-0.05, 0) is 89.2 Å². The highest BCUT2D eigenvalue weighted by atomic mass is 28.4. The first kappa shape index (κ1) is 26.4. The van der Waals surface area contributed by atoms with E-state index in [0.29, 0.717) is 5.91 Å². The van der Waals surface area contributed by atoms with Crippen molar-refractivity contribution in [1.29, 1.82) is 0 Å². The number of carbonyl (C=O) groups excluding carboxylic acids is 1.